The molecule has 0 spiro atoms. The van der Waals surface area contributed by atoms with Gasteiger partial charge in [0.25, 0.3) is 0 Å². The molecule has 1 aliphatic rings. The quantitative estimate of drug-likeness (QED) is 0.561. The minimum absolute atomic E-state index is 0.109. The molecule has 1 saturated heterocycles. The monoisotopic (exact) mass is 308 g/mol. The van der Waals surface area contributed by atoms with E-state index < -0.39 is 12.2 Å². The van der Waals surface area contributed by atoms with E-state index in [9.17, 15) is 10.2 Å². The van der Waals surface area contributed by atoms with Gasteiger partial charge in [0, 0.05) is 11.8 Å². The molecule has 4 heteroatoms. The number of hydrogen-bond acceptors (Lipinski definition) is 3. The van der Waals surface area contributed by atoms with Crippen LogP contribution in [0.25, 0.3) is 0 Å². The Balaban J connectivity index is 2.20. The molecule has 0 radical (unpaired) electrons. The Morgan fingerprint density at radius 1 is 1.18 bits per heavy atom. The zero-order valence-corrected chi connectivity index (χ0v) is 12.2. The second kappa shape index (κ2) is 8.46. The van der Waals surface area contributed by atoms with Crippen molar-refractivity contribution in [2.24, 2.45) is 0 Å². The molecule has 0 aromatic heterocycles. The zero-order valence-electron chi connectivity index (χ0n) is 10.6. The summed E-state index contributed by atoms with van der Waals surface area (Å²) >= 11 is 3.31. The molecule has 0 aliphatic carbocycles. The summed E-state index contributed by atoms with van der Waals surface area (Å²) in [5.41, 5.74) is 0. The molecule has 4 unspecified atom stereocenters. The van der Waals surface area contributed by atoms with Crippen LogP contribution in [0.3, 0.4) is 0 Å². The van der Waals surface area contributed by atoms with Crippen molar-refractivity contribution in [3.63, 3.8) is 0 Å². The van der Waals surface area contributed by atoms with Crippen LogP contribution in [0.4, 0.5) is 0 Å². The molecule has 1 rings (SSSR count). The number of halogens is 1. The van der Waals surface area contributed by atoms with Crippen LogP contribution >= 0.6 is 15.9 Å². The number of aliphatic hydroxyl groups excluding tert-OH is 2. The Kier molecular flexibility index (Phi) is 7.67. The highest BCUT2D eigenvalue weighted by molar-refractivity contribution is 9.09. The Bertz CT molecular complexity index is 201. The first-order valence-corrected chi connectivity index (χ1v) is 7.88. The van der Waals surface area contributed by atoms with Crippen LogP contribution in [-0.4, -0.2) is 40.0 Å². The second-order valence-electron chi connectivity index (χ2n) is 4.95. The van der Waals surface area contributed by atoms with Crippen molar-refractivity contribution in [3.8, 4) is 0 Å². The molecule has 0 saturated carbocycles. The van der Waals surface area contributed by atoms with E-state index in [1.54, 1.807) is 0 Å². The lowest BCUT2D eigenvalue weighted by atomic mass is 9.95. The molecular weight excluding hydrogens is 284 g/mol. The van der Waals surface area contributed by atoms with Gasteiger partial charge in [0.05, 0.1) is 18.3 Å². The predicted octanol–water partition coefficient (Wildman–Crippen LogP) is 2.62. The maximum Gasteiger partial charge on any atom is 0.107 e. The average molecular weight is 309 g/mol. The molecule has 1 heterocycles. The summed E-state index contributed by atoms with van der Waals surface area (Å²) in [6, 6.07) is 0. The minimum Gasteiger partial charge on any atom is -0.390 e. The van der Waals surface area contributed by atoms with E-state index in [1.807, 2.05) is 0 Å². The number of hydrogen-bond donors (Lipinski definition) is 2. The van der Waals surface area contributed by atoms with Gasteiger partial charge in [0.2, 0.25) is 0 Å². The van der Waals surface area contributed by atoms with Crippen molar-refractivity contribution in [2.75, 3.05) is 5.33 Å². The Morgan fingerprint density at radius 3 is 2.53 bits per heavy atom. The van der Waals surface area contributed by atoms with Crippen LogP contribution in [-0.2, 0) is 4.74 Å². The molecular formula is C13H25BrO3. The molecule has 0 aromatic rings. The molecule has 0 aromatic carbocycles. The lowest BCUT2D eigenvalue weighted by molar-refractivity contribution is -0.161. The molecule has 2 N–H and O–H groups in total. The molecule has 102 valence electrons. The summed E-state index contributed by atoms with van der Waals surface area (Å²) in [5.74, 6) is 0. The highest BCUT2D eigenvalue weighted by atomic mass is 79.9. The highest BCUT2D eigenvalue weighted by Crippen LogP contribution is 2.25. The first-order chi connectivity index (χ1) is 8.19. The molecule has 17 heavy (non-hydrogen) atoms. The van der Waals surface area contributed by atoms with Crippen molar-refractivity contribution < 1.29 is 14.9 Å². The van der Waals surface area contributed by atoms with Crippen LogP contribution < -0.4 is 0 Å². The number of alkyl halides is 1. The molecule has 4 atom stereocenters. The average Bonchev–Trinajstić information content (AvgIpc) is 2.33. The maximum atomic E-state index is 9.74. The fraction of sp³-hybridized carbons (Fsp3) is 1.00. The van der Waals surface area contributed by atoms with Gasteiger partial charge >= 0.3 is 0 Å². The lowest BCUT2D eigenvalue weighted by Gasteiger charge is -2.36. The number of aliphatic hydroxyl groups is 2. The zero-order chi connectivity index (χ0) is 12.7. The predicted molar refractivity (Wildman–Crippen MR) is 72.5 cm³/mol. The van der Waals surface area contributed by atoms with Gasteiger partial charge in [-0.15, -0.1) is 0 Å². The molecule has 0 amide bonds. The van der Waals surface area contributed by atoms with Gasteiger partial charge in [-0.05, 0) is 6.42 Å². The van der Waals surface area contributed by atoms with Crippen molar-refractivity contribution in [3.05, 3.63) is 0 Å². The van der Waals surface area contributed by atoms with E-state index in [0.29, 0.717) is 11.8 Å². The Morgan fingerprint density at radius 2 is 1.88 bits per heavy atom. The van der Waals surface area contributed by atoms with Gasteiger partial charge in [-0.3, -0.25) is 0 Å². The van der Waals surface area contributed by atoms with Crippen LogP contribution in [0.5, 0.6) is 0 Å². The summed E-state index contributed by atoms with van der Waals surface area (Å²) in [5, 5.41) is 20.0. The fourth-order valence-electron chi connectivity index (χ4n) is 2.33. The van der Waals surface area contributed by atoms with Crippen LogP contribution in [0.1, 0.15) is 51.9 Å². The van der Waals surface area contributed by atoms with E-state index in [1.165, 1.54) is 25.7 Å². The van der Waals surface area contributed by atoms with E-state index >= 15 is 0 Å². The third kappa shape index (κ3) is 5.25. The van der Waals surface area contributed by atoms with Gasteiger partial charge in [-0.2, -0.15) is 0 Å². The largest absolute Gasteiger partial charge is 0.390 e. The first kappa shape index (κ1) is 15.4. The van der Waals surface area contributed by atoms with Crippen LogP contribution in [0.2, 0.25) is 0 Å². The van der Waals surface area contributed by atoms with Crippen LogP contribution in [0, 0.1) is 0 Å². The van der Waals surface area contributed by atoms with Crippen LogP contribution in [0.15, 0.2) is 0 Å². The number of unbranched alkanes of at least 4 members (excludes halogenated alkanes) is 4. The van der Waals surface area contributed by atoms with Gasteiger partial charge in [0.15, 0.2) is 0 Å². The standard InChI is InChI=1S/C13H25BrO3/c1-2-3-4-5-6-7-10-8-11(15)13(16)12(9-14)17-10/h10-13,15-16H,2-9H2,1H3. The minimum atomic E-state index is -0.745. The van der Waals surface area contributed by atoms with Crippen molar-refractivity contribution >= 4 is 15.9 Å². The van der Waals surface area contributed by atoms with E-state index in [4.69, 9.17) is 4.74 Å². The number of rotatable bonds is 7. The normalized spacial score (nSPS) is 33.9. The molecule has 0 bridgehead atoms. The van der Waals surface area contributed by atoms with Crippen molar-refractivity contribution in [1.82, 2.24) is 0 Å². The summed E-state index contributed by atoms with van der Waals surface area (Å²) in [6.45, 7) is 2.21. The van der Waals surface area contributed by atoms with Gasteiger partial charge in [0.1, 0.15) is 6.10 Å². The van der Waals surface area contributed by atoms with Gasteiger partial charge < -0.3 is 14.9 Å². The molecule has 3 nitrogen and oxygen atoms in total. The van der Waals surface area contributed by atoms with E-state index in [-0.39, 0.29) is 12.2 Å². The highest BCUT2D eigenvalue weighted by Gasteiger charge is 2.35. The van der Waals surface area contributed by atoms with E-state index in [2.05, 4.69) is 22.9 Å². The first-order valence-electron chi connectivity index (χ1n) is 6.76. The van der Waals surface area contributed by atoms with Crippen molar-refractivity contribution in [2.45, 2.75) is 76.3 Å². The SMILES string of the molecule is CCCCCCCC1CC(O)C(O)C(CBr)O1. The molecule has 1 fully saturated rings. The summed E-state index contributed by atoms with van der Waals surface area (Å²) in [6.07, 6.45) is 6.28. The maximum absolute atomic E-state index is 9.74. The van der Waals surface area contributed by atoms with Gasteiger partial charge in [-0.25, -0.2) is 0 Å². The molecule has 1 aliphatic heterocycles. The summed E-state index contributed by atoms with van der Waals surface area (Å²) in [4.78, 5) is 0. The summed E-state index contributed by atoms with van der Waals surface area (Å²) < 4.78 is 5.77. The smallest absolute Gasteiger partial charge is 0.107 e. The Hall–Kier alpha value is 0.360. The van der Waals surface area contributed by atoms with Gasteiger partial charge in [-0.1, -0.05) is 55.0 Å². The topological polar surface area (TPSA) is 49.7 Å². The third-order valence-electron chi connectivity index (χ3n) is 3.43. The van der Waals surface area contributed by atoms with Crippen molar-refractivity contribution in [1.29, 1.82) is 0 Å². The lowest BCUT2D eigenvalue weighted by Crippen LogP contribution is -2.48. The third-order valence-corrected chi connectivity index (χ3v) is 4.07. The fourth-order valence-corrected chi connectivity index (χ4v) is 2.86. The summed E-state index contributed by atoms with van der Waals surface area (Å²) in [7, 11) is 0. The second-order valence-corrected chi connectivity index (χ2v) is 5.59. The number of ether oxygens (including phenoxy) is 1. The van der Waals surface area contributed by atoms with E-state index in [0.717, 1.165) is 12.8 Å². The Labute approximate surface area is 113 Å².